The van der Waals surface area contributed by atoms with Crippen LogP contribution in [0.1, 0.15) is 36.4 Å². The molecule has 0 N–H and O–H groups in total. The summed E-state index contributed by atoms with van der Waals surface area (Å²) in [4.78, 5) is 12.2. The smallest absolute Gasteiger partial charge is 0.313 e. The van der Waals surface area contributed by atoms with E-state index < -0.39 is 0 Å². The van der Waals surface area contributed by atoms with Crippen LogP contribution in [0, 0.1) is 5.92 Å². The Morgan fingerprint density at radius 2 is 2.00 bits per heavy atom. The lowest BCUT2D eigenvalue weighted by molar-refractivity contribution is -0.146. The van der Waals surface area contributed by atoms with Crippen molar-refractivity contribution in [3.05, 3.63) is 41.0 Å². The number of methoxy groups -OCH3 is 1. The van der Waals surface area contributed by atoms with E-state index in [1.165, 1.54) is 23.8 Å². The minimum atomic E-state index is -0.285. The summed E-state index contributed by atoms with van der Waals surface area (Å²) in [7, 11) is 1.45. The van der Waals surface area contributed by atoms with E-state index in [2.05, 4.69) is 28.4 Å². The summed E-state index contributed by atoms with van der Waals surface area (Å²) in [5, 5.41) is 8.82. The summed E-state index contributed by atoms with van der Waals surface area (Å²) in [6.45, 7) is 0. The van der Waals surface area contributed by atoms with Crippen LogP contribution in [0.5, 0.6) is 0 Å². The zero-order valence-corrected chi connectivity index (χ0v) is 11.4. The molecule has 0 aromatic heterocycles. The molecule has 1 aromatic rings. The Bertz CT molecular complexity index is 648. The minimum Gasteiger partial charge on any atom is -0.469 e. The second-order valence-electron chi connectivity index (χ2n) is 5.61. The summed E-state index contributed by atoms with van der Waals surface area (Å²) >= 11 is 0. The summed E-state index contributed by atoms with van der Waals surface area (Å²) in [5.74, 6) is -0.479. The Kier molecular flexibility index (Phi) is 2.52. The molecular formula is C16H16N2O2. The zero-order chi connectivity index (χ0) is 13.7. The van der Waals surface area contributed by atoms with E-state index in [4.69, 9.17) is 4.74 Å². The molecule has 0 spiro atoms. The molecule has 0 amide bonds. The predicted molar refractivity (Wildman–Crippen MR) is 74.1 cm³/mol. The molecule has 3 aliphatic rings. The number of carbonyl (C=O) groups is 1. The number of allylic oxidation sites excluding steroid dienone is 1. The van der Waals surface area contributed by atoms with Crippen LogP contribution in [-0.2, 0) is 9.53 Å². The van der Waals surface area contributed by atoms with Gasteiger partial charge in [-0.2, -0.15) is 10.2 Å². The lowest BCUT2D eigenvalue weighted by Crippen LogP contribution is -2.29. The minimum absolute atomic E-state index is 0.114. The van der Waals surface area contributed by atoms with E-state index in [1.807, 2.05) is 6.07 Å². The number of esters is 1. The van der Waals surface area contributed by atoms with Gasteiger partial charge in [0, 0.05) is 0 Å². The summed E-state index contributed by atoms with van der Waals surface area (Å²) in [5.41, 5.74) is 5.08. The van der Waals surface area contributed by atoms with Crippen molar-refractivity contribution >= 4 is 11.5 Å². The van der Waals surface area contributed by atoms with Crippen LogP contribution in [0.2, 0.25) is 0 Å². The molecular weight excluding hydrogens is 252 g/mol. The van der Waals surface area contributed by atoms with Crippen molar-refractivity contribution < 1.29 is 9.53 Å². The van der Waals surface area contributed by atoms with Gasteiger partial charge in [0.1, 0.15) is 18.0 Å². The number of nitrogens with zero attached hydrogens (tertiary/aromatic N) is 2. The monoisotopic (exact) mass is 268 g/mol. The molecule has 0 fully saturated rings. The van der Waals surface area contributed by atoms with E-state index in [-0.39, 0.29) is 24.0 Å². The largest absolute Gasteiger partial charge is 0.469 e. The van der Waals surface area contributed by atoms with Gasteiger partial charge in [0.05, 0.1) is 7.11 Å². The number of fused-ring (bicyclic) bond motifs is 6. The van der Waals surface area contributed by atoms with Crippen molar-refractivity contribution in [3.8, 4) is 0 Å². The average Bonchev–Trinajstić information content (AvgIpc) is 3.09. The number of benzene rings is 1. The Labute approximate surface area is 117 Å². The number of carbonyl (C=O) groups excluding carboxylic acids is 1. The van der Waals surface area contributed by atoms with Crippen LogP contribution in [0.3, 0.4) is 0 Å². The molecule has 4 nitrogen and oxygen atoms in total. The molecule has 2 bridgehead atoms. The van der Waals surface area contributed by atoms with Gasteiger partial charge in [0.2, 0.25) is 0 Å². The van der Waals surface area contributed by atoms with Crippen molar-refractivity contribution in [2.75, 3.05) is 7.11 Å². The number of hydrogen-bond acceptors (Lipinski definition) is 4. The Balaban J connectivity index is 1.95. The normalized spacial score (nSPS) is 29.9. The topological polar surface area (TPSA) is 51.0 Å². The van der Waals surface area contributed by atoms with Gasteiger partial charge < -0.3 is 4.74 Å². The number of ether oxygens (including phenoxy) is 1. The van der Waals surface area contributed by atoms with Gasteiger partial charge in [-0.1, -0.05) is 24.3 Å². The summed E-state index contributed by atoms with van der Waals surface area (Å²) in [6.07, 6.45) is 3.25. The average molecular weight is 268 g/mol. The standard InChI is InChI=1S/C16H16N2O2/c1-20-16(19)13-14-11-6-3-2-5-9(11)10-7-4-8-12(10)15(13)18-17-14/h2-3,5-6,13-15H,4,7-8H2,1H3. The summed E-state index contributed by atoms with van der Waals surface area (Å²) < 4.78 is 5.01. The maximum atomic E-state index is 12.2. The van der Waals surface area contributed by atoms with Gasteiger partial charge in [0.25, 0.3) is 0 Å². The summed E-state index contributed by atoms with van der Waals surface area (Å²) in [6, 6.07) is 8.00. The predicted octanol–water partition coefficient (Wildman–Crippen LogP) is 3.30. The zero-order valence-electron chi connectivity index (χ0n) is 11.4. The highest BCUT2D eigenvalue weighted by molar-refractivity contribution is 5.82. The lowest BCUT2D eigenvalue weighted by atomic mass is 9.87. The number of hydrogen-bond donors (Lipinski definition) is 0. The molecule has 1 heterocycles. The molecule has 3 atom stereocenters. The SMILES string of the molecule is COC(=O)C1C2N=NC1c1ccccc1C1=C2CCC1. The Morgan fingerprint density at radius 3 is 2.85 bits per heavy atom. The molecule has 4 heteroatoms. The fourth-order valence-electron chi connectivity index (χ4n) is 3.83. The highest BCUT2D eigenvalue weighted by Gasteiger charge is 2.48. The fraction of sp³-hybridized carbons (Fsp3) is 0.438. The van der Waals surface area contributed by atoms with Crippen LogP contribution >= 0.6 is 0 Å². The number of azo groups is 1. The van der Waals surface area contributed by atoms with E-state index in [0.29, 0.717) is 0 Å². The lowest BCUT2D eigenvalue weighted by Gasteiger charge is -2.19. The number of rotatable bonds is 1. The van der Waals surface area contributed by atoms with Crippen molar-refractivity contribution in [1.29, 1.82) is 0 Å². The third-order valence-corrected chi connectivity index (χ3v) is 4.69. The van der Waals surface area contributed by atoms with Crippen LogP contribution < -0.4 is 0 Å². The van der Waals surface area contributed by atoms with Crippen molar-refractivity contribution in [2.24, 2.45) is 16.1 Å². The highest BCUT2D eigenvalue weighted by Crippen LogP contribution is 2.51. The first-order valence-electron chi connectivity index (χ1n) is 7.10. The van der Waals surface area contributed by atoms with Crippen LogP contribution in [0.15, 0.2) is 40.1 Å². The molecule has 0 saturated carbocycles. The van der Waals surface area contributed by atoms with E-state index in [0.717, 1.165) is 24.8 Å². The molecule has 4 rings (SSSR count). The van der Waals surface area contributed by atoms with Crippen LogP contribution in [-0.4, -0.2) is 19.1 Å². The first-order valence-corrected chi connectivity index (χ1v) is 7.10. The molecule has 2 aliphatic carbocycles. The van der Waals surface area contributed by atoms with Crippen molar-refractivity contribution in [1.82, 2.24) is 0 Å². The van der Waals surface area contributed by atoms with Gasteiger partial charge in [-0.05, 0) is 41.5 Å². The van der Waals surface area contributed by atoms with Gasteiger partial charge in [-0.25, -0.2) is 0 Å². The van der Waals surface area contributed by atoms with Crippen molar-refractivity contribution in [2.45, 2.75) is 31.3 Å². The van der Waals surface area contributed by atoms with E-state index in [1.54, 1.807) is 0 Å². The molecule has 0 radical (unpaired) electrons. The van der Waals surface area contributed by atoms with Crippen molar-refractivity contribution in [3.63, 3.8) is 0 Å². The third-order valence-electron chi connectivity index (χ3n) is 4.69. The van der Waals surface area contributed by atoms with Crippen LogP contribution in [0.25, 0.3) is 5.57 Å². The molecule has 1 aliphatic heterocycles. The van der Waals surface area contributed by atoms with E-state index in [9.17, 15) is 4.79 Å². The Hall–Kier alpha value is -1.97. The first kappa shape index (κ1) is 11.8. The van der Waals surface area contributed by atoms with E-state index >= 15 is 0 Å². The maximum Gasteiger partial charge on any atom is 0.313 e. The first-order chi connectivity index (χ1) is 9.81. The van der Waals surface area contributed by atoms with Crippen LogP contribution in [0.4, 0.5) is 0 Å². The Morgan fingerprint density at radius 1 is 1.20 bits per heavy atom. The van der Waals surface area contributed by atoms with Gasteiger partial charge in [0.15, 0.2) is 0 Å². The van der Waals surface area contributed by atoms with Gasteiger partial charge in [-0.15, -0.1) is 0 Å². The maximum absolute atomic E-state index is 12.2. The quantitative estimate of drug-likeness (QED) is 0.734. The second-order valence-corrected chi connectivity index (χ2v) is 5.61. The highest BCUT2D eigenvalue weighted by atomic mass is 16.5. The molecule has 102 valence electrons. The third kappa shape index (κ3) is 1.45. The molecule has 0 saturated heterocycles. The molecule has 3 unspecified atom stereocenters. The fourth-order valence-corrected chi connectivity index (χ4v) is 3.83. The molecule has 20 heavy (non-hydrogen) atoms. The van der Waals surface area contributed by atoms with Gasteiger partial charge >= 0.3 is 5.97 Å². The van der Waals surface area contributed by atoms with Gasteiger partial charge in [-0.3, -0.25) is 4.79 Å². The second kappa shape index (κ2) is 4.27. The molecule has 1 aromatic carbocycles.